The Bertz CT molecular complexity index is 533. The fourth-order valence-corrected chi connectivity index (χ4v) is 1.63. The number of nitrogens with two attached hydrogens (primary N) is 1. The van der Waals surface area contributed by atoms with Crippen LogP contribution in [0.1, 0.15) is 13.3 Å². The zero-order valence-corrected chi connectivity index (χ0v) is 9.46. The molecule has 0 fully saturated rings. The number of furan rings is 1. The number of hydrogen-bond donors (Lipinski definition) is 2. The molecule has 1 atom stereocenters. The van der Waals surface area contributed by atoms with E-state index in [0.29, 0.717) is 17.8 Å². The Kier molecular flexibility index (Phi) is 3.18. The van der Waals surface area contributed by atoms with Crippen LogP contribution in [0.3, 0.4) is 0 Å². The highest BCUT2D eigenvalue weighted by atomic mass is 16.5. The van der Waals surface area contributed by atoms with Gasteiger partial charge in [0.25, 0.3) is 0 Å². The van der Waals surface area contributed by atoms with Gasteiger partial charge in [0.05, 0.1) is 6.26 Å². The molecule has 5 heteroatoms. The van der Waals surface area contributed by atoms with Crippen LogP contribution in [0.2, 0.25) is 0 Å². The molecule has 0 aliphatic heterocycles. The van der Waals surface area contributed by atoms with E-state index in [9.17, 15) is 0 Å². The van der Waals surface area contributed by atoms with Gasteiger partial charge in [-0.1, -0.05) is 24.2 Å². The molecule has 0 radical (unpaired) electrons. The zero-order valence-electron chi connectivity index (χ0n) is 9.46. The fraction of sp³-hybridized carbons (Fsp3) is 0.250. The maximum absolute atomic E-state index is 8.65. The monoisotopic (exact) mass is 234 g/mol. The molecule has 1 unspecified atom stereocenters. The summed E-state index contributed by atoms with van der Waals surface area (Å²) in [5.74, 6) is 0.641. The van der Waals surface area contributed by atoms with Gasteiger partial charge in [-0.3, -0.25) is 0 Å². The molecule has 2 aromatic rings. The average Bonchev–Trinajstić information content (AvgIpc) is 2.83. The second-order valence-electron chi connectivity index (χ2n) is 3.63. The topological polar surface area (TPSA) is 81.0 Å². The Hall–Kier alpha value is -2.17. The first-order valence-electron chi connectivity index (χ1n) is 5.36. The van der Waals surface area contributed by atoms with E-state index in [-0.39, 0.29) is 5.84 Å². The highest BCUT2D eigenvalue weighted by Crippen LogP contribution is 2.27. The molecule has 1 aromatic heterocycles. The zero-order chi connectivity index (χ0) is 12.3. The third-order valence-corrected chi connectivity index (χ3v) is 2.53. The lowest BCUT2D eigenvalue weighted by Crippen LogP contribution is -2.33. The normalized spacial score (nSPS) is 13.8. The van der Waals surface area contributed by atoms with Gasteiger partial charge in [0.2, 0.25) is 0 Å². The molecule has 0 saturated heterocycles. The van der Waals surface area contributed by atoms with Gasteiger partial charge in [0, 0.05) is 5.39 Å². The predicted molar refractivity (Wildman–Crippen MR) is 64.3 cm³/mol. The first kappa shape index (κ1) is 11.3. The van der Waals surface area contributed by atoms with Crippen LogP contribution in [0, 0.1) is 0 Å². The molecule has 1 aromatic carbocycles. The minimum atomic E-state index is -0.462. The molecule has 2 rings (SSSR count). The minimum absolute atomic E-state index is 0.0519. The summed E-state index contributed by atoms with van der Waals surface area (Å²) < 4.78 is 11.0. The molecular formula is C12H14N2O3. The van der Waals surface area contributed by atoms with Crippen molar-refractivity contribution >= 4 is 16.8 Å². The van der Waals surface area contributed by atoms with E-state index in [0.717, 1.165) is 5.39 Å². The summed E-state index contributed by atoms with van der Waals surface area (Å²) >= 11 is 0. The summed E-state index contributed by atoms with van der Waals surface area (Å²) in [4.78, 5) is 0. The van der Waals surface area contributed by atoms with Crippen LogP contribution in [-0.4, -0.2) is 17.1 Å². The van der Waals surface area contributed by atoms with Crippen molar-refractivity contribution in [1.29, 1.82) is 0 Å². The van der Waals surface area contributed by atoms with Crippen molar-refractivity contribution in [1.82, 2.24) is 0 Å². The number of nitrogens with zero attached hydrogens (tertiary/aromatic N) is 1. The van der Waals surface area contributed by atoms with E-state index in [1.54, 1.807) is 12.3 Å². The number of oxime groups is 1. The van der Waals surface area contributed by atoms with Crippen molar-refractivity contribution in [2.24, 2.45) is 10.9 Å². The van der Waals surface area contributed by atoms with Crippen LogP contribution in [-0.2, 0) is 0 Å². The Morgan fingerprint density at radius 2 is 2.35 bits per heavy atom. The predicted octanol–water partition coefficient (Wildman–Crippen LogP) is 2.34. The lowest BCUT2D eigenvalue weighted by atomic mass is 10.2. The SMILES string of the molecule is CCC(Oc1cccc2ccoc12)/C(N)=N\O. The van der Waals surface area contributed by atoms with Crippen molar-refractivity contribution in [2.75, 3.05) is 0 Å². The fourth-order valence-electron chi connectivity index (χ4n) is 1.63. The van der Waals surface area contributed by atoms with E-state index in [1.807, 2.05) is 25.1 Å². The first-order valence-corrected chi connectivity index (χ1v) is 5.36. The number of ether oxygens (including phenoxy) is 1. The second-order valence-corrected chi connectivity index (χ2v) is 3.63. The minimum Gasteiger partial charge on any atom is -0.478 e. The van der Waals surface area contributed by atoms with Crippen molar-refractivity contribution in [3.05, 3.63) is 30.5 Å². The Morgan fingerprint density at radius 1 is 1.53 bits per heavy atom. The van der Waals surface area contributed by atoms with Gasteiger partial charge in [-0.05, 0) is 18.6 Å². The van der Waals surface area contributed by atoms with E-state index in [4.69, 9.17) is 20.1 Å². The van der Waals surface area contributed by atoms with Gasteiger partial charge in [-0.2, -0.15) is 0 Å². The molecule has 0 aliphatic rings. The Morgan fingerprint density at radius 3 is 3.06 bits per heavy atom. The van der Waals surface area contributed by atoms with Gasteiger partial charge >= 0.3 is 0 Å². The summed E-state index contributed by atoms with van der Waals surface area (Å²) in [6.45, 7) is 1.89. The van der Waals surface area contributed by atoms with Gasteiger partial charge in [0.1, 0.15) is 0 Å². The van der Waals surface area contributed by atoms with Crippen LogP contribution < -0.4 is 10.5 Å². The number of rotatable bonds is 4. The lowest BCUT2D eigenvalue weighted by molar-refractivity contribution is 0.246. The molecule has 5 nitrogen and oxygen atoms in total. The summed E-state index contributed by atoms with van der Waals surface area (Å²) in [7, 11) is 0. The standard InChI is InChI=1S/C12H14N2O3/c1-2-9(12(13)14-15)17-10-5-3-4-8-6-7-16-11(8)10/h3-7,9,15H,2H2,1H3,(H2,13,14). The molecule has 0 aliphatic carbocycles. The molecule has 3 N–H and O–H groups in total. The van der Waals surface area contributed by atoms with E-state index in [1.165, 1.54) is 0 Å². The largest absolute Gasteiger partial charge is 0.478 e. The van der Waals surface area contributed by atoms with E-state index in [2.05, 4.69) is 5.16 Å². The summed E-state index contributed by atoms with van der Waals surface area (Å²) in [6.07, 6.45) is 1.74. The highest BCUT2D eigenvalue weighted by Gasteiger charge is 2.16. The van der Waals surface area contributed by atoms with Gasteiger partial charge in [0.15, 0.2) is 23.3 Å². The first-order chi connectivity index (χ1) is 8.26. The summed E-state index contributed by atoms with van der Waals surface area (Å²) in [5, 5.41) is 12.6. The molecular weight excluding hydrogens is 220 g/mol. The van der Waals surface area contributed by atoms with Gasteiger partial charge in [-0.25, -0.2) is 0 Å². The summed E-state index contributed by atoms with van der Waals surface area (Å²) in [5.41, 5.74) is 6.20. The van der Waals surface area contributed by atoms with Gasteiger partial charge < -0.3 is 20.1 Å². The number of amidine groups is 1. The Balaban J connectivity index is 2.31. The van der Waals surface area contributed by atoms with Crippen molar-refractivity contribution in [2.45, 2.75) is 19.4 Å². The van der Waals surface area contributed by atoms with Crippen LogP contribution in [0.5, 0.6) is 5.75 Å². The molecule has 0 amide bonds. The molecule has 17 heavy (non-hydrogen) atoms. The highest BCUT2D eigenvalue weighted by molar-refractivity contribution is 5.86. The van der Waals surface area contributed by atoms with E-state index >= 15 is 0 Å². The van der Waals surface area contributed by atoms with Crippen molar-refractivity contribution in [3.8, 4) is 5.75 Å². The van der Waals surface area contributed by atoms with Crippen molar-refractivity contribution < 1.29 is 14.4 Å². The van der Waals surface area contributed by atoms with E-state index < -0.39 is 6.10 Å². The average molecular weight is 234 g/mol. The third-order valence-electron chi connectivity index (χ3n) is 2.53. The number of hydrogen-bond acceptors (Lipinski definition) is 4. The van der Waals surface area contributed by atoms with Crippen LogP contribution in [0.25, 0.3) is 11.0 Å². The second kappa shape index (κ2) is 4.78. The molecule has 0 bridgehead atoms. The van der Waals surface area contributed by atoms with Crippen molar-refractivity contribution in [3.63, 3.8) is 0 Å². The van der Waals surface area contributed by atoms with Crippen LogP contribution in [0.15, 0.2) is 40.1 Å². The number of para-hydroxylation sites is 1. The Labute approximate surface area is 98.5 Å². The maximum atomic E-state index is 8.65. The van der Waals surface area contributed by atoms with Gasteiger partial charge in [-0.15, -0.1) is 0 Å². The molecule has 90 valence electrons. The molecule has 1 heterocycles. The number of benzene rings is 1. The smallest absolute Gasteiger partial charge is 0.180 e. The third kappa shape index (κ3) is 2.18. The van der Waals surface area contributed by atoms with Crippen LogP contribution >= 0.6 is 0 Å². The maximum Gasteiger partial charge on any atom is 0.180 e. The molecule has 0 saturated carbocycles. The summed E-state index contributed by atoms with van der Waals surface area (Å²) in [6, 6.07) is 7.44. The lowest BCUT2D eigenvalue weighted by Gasteiger charge is -2.15. The van der Waals surface area contributed by atoms with Crippen LogP contribution in [0.4, 0.5) is 0 Å². The molecule has 0 spiro atoms. The quantitative estimate of drug-likeness (QED) is 0.368. The number of fused-ring (bicyclic) bond motifs is 1.